The first-order chi connectivity index (χ1) is 8.65. The molecule has 96 valence electrons. The maximum absolute atomic E-state index is 12.1. The summed E-state index contributed by atoms with van der Waals surface area (Å²) in [6.45, 7) is 2.66. The van der Waals surface area contributed by atoms with Crippen molar-refractivity contribution in [1.29, 1.82) is 0 Å². The molecule has 0 spiro atoms. The van der Waals surface area contributed by atoms with E-state index in [2.05, 4.69) is 5.32 Å². The van der Waals surface area contributed by atoms with Gasteiger partial charge < -0.3 is 10.2 Å². The second kappa shape index (κ2) is 5.21. The van der Waals surface area contributed by atoms with E-state index in [1.807, 2.05) is 31.2 Å². The van der Waals surface area contributed by atoms with E-state index in [1.54, 1.807) is 11.9 Å². The largest absolute Gasteiger partial charge is 0.356 e. The van der Waals surface area contributed by atoms with Crippen LogP contribution in [0.25, 0.3) is 0 Å². The molecule has 4 heteroatoms. The van der Waals surface area contributed by atoms with Crippen LogP contribution in [0.15, 0.2) is 24.3 Å². The number of carbonyl (C=O) groups excluding carboxylic acids is 2. The first-order valence-corrected chi connectivity index (χ1v) is 6.28. The van der Waals surface area contributed by atoms with Crippen molar-refractivity contribution in [2.45, 2.75) is 25.7 Å². The quantitative estimate of drug-likeness (QED) is 0.881. The lowest BCUT2D eigenvalue weighted by Crippen LogP contribution is -2.39. The van der Waals surface area contributed by atoms with E-state index in [0.29, 0.717) is 6.54 Å². The summed E-state index contributed by atoms with van der Waals surface area (Å²) >= 11 is 0. The van der Waals surface area contributed by atoms with Crippen LogP contribution in [0.1, 0.15) is 31.2 Å². The number of hydrogen-bond acceptors (Lipinski definition) is 2. The molecule has 4 nitrogen and oxygen atoms in total. The van der Waals surface area contributed by atoms with Gasteiger partial charge in [0.2, 0.25) is 11.8 Å². The standard InChI is InChI=1S/C14H18N2O2/c1-3-8-15-14(18)11-9-13(17)16(2)12-7-5-4-6-10(11)12/h4-7,11H,3,8-9H2,1-2H3,(H,15,18). The van der Waals surface area contributed by atoms with Crippen LogP contribution in [0.3, 0.4) is 0 Å². The SMILES string of the molecule is CCCNC(=O)C1CC(=O)N(C)c2ccccc21. The van der Waals surface area contributed by atoms with Crippen molar-refractivity contribution >= 4 is 17.5 Å². The third kappa shape index (κ3) is 2.23. The predicted molar refractivity (Wildman–Crippen MR) is 70.5 cm³/mol. The van der Waals surface area contributed by atoms with E-state index < -0.39 is 0 Å². The molecule has 1 atom stereocenters. The molecule has 18 heavy (non-hydrogen) atoms. The number of hydrogen-bond donors (Lipinski definition) is 1. The highest BCUT2D eigenvalue weighted by molar-refractivity contribution is 6.02. The van der Waals surface area contributed by atoms with Crippen LogP contribution < -0.4 is 10.2 Å². The summed E-state index contributed by atoms with van der Waals surface area (Å²) in [5.41, 5.74) is 1.78. The number of nitrogens with zero attached hydrogens (tertiary/aromatic N) is 1. The molecule has 1 heterocycles. The Hall–Kier alpha value is -1.84. The molecule has 0 fully saturated rings. The first kappa shape index (κ1) is 12.6. The highest BCUT2D eigenvalue weighted by Crippen LogP contribution is 2.34. The van der Waals surface area contributed by atoms with Gasteiger partial charge in [-0.25, -0.2) is 0 Å². The average molecular weight is 246 g/mol. The van der Waals surface area contributed by atoms with Gasteiger partial charge >= 0.3 is 0 Å². The molecule has 2 rings (SSSR count). The van der Waals surface area contributed by atoms with E-state index >= 15 is 0 Å². The zero-order valence-corrected chi connectivity index (χ0v) is 10.8. The molecule has 2 amide bonds. The predicted octanol–water partition coefficient (Wildman–Crippen LogP) is 1.66. The third-order valence-corrected chi connectivity index (χ3v) is 3.29. The van der Waals surface area contributed by atoms with E-state index in [-0.39, 0.29) is 24.2 Å². The molecule has 1 N–H and O–H groups in total. The second-order valence-corrected chi connectivity index (χ2v) is 4.56. The number of amides is 2. The number of fused-ring (bicyclic) bond motifs is 1. The molecule has 1 aliphatic rings. The van der Waals surface area contributed by atoms with Crippen molar-refractivity contribution in [2.24, 2.45) is 0 Å². The van der Waals surface area contributed by atoms with Crippen LogP contribution in [-0.2, 0) is 9.59 Å². The van der Waals surface area contributed by atoms with Gasteiger partial charge in [0.25, 0.3) is 0 Å². The smallest absolute Gasteiger partial charge is 0.228 e. The van der Waals surface area contributed by atoms with Gasteiger partial charge in [-0.3, -0.25) is 9.59 Å². The summed E-state index contributed by atoms with van der Waals surface area (Å²) in [7, 11) is 1.75. The van der Waals surface area contributed by atoms with Crippen LogP contribution in [0.2, 0.25) is 0 Å². The highest BCUT2D eigenvalue weighted by atomic mass is 16.2. The van der Waals surface area contributed by atoms with E-state index in [1.165, 1.54) is 0 Å². The maximum atomic E-state index is 12.1. The van der Waals surface area contributed by atoms with Crippen LogP contribution in [0.4, 0.5) is 5.69 Å². The number of nitrogens with one attached hydrogen (secondary N) is 1. The molecule has 0 bridgehead atoms. The molecule has 0 saturated carbocycles. The van der Waals surface area contributed by atoms with Crippen molar-refractivity contribution in [2.75, 3.05) is 18.5 Å². The Labute approximate surface area is 107 Å². The number of rotatable bonds is 3. The zero-order chi connectivity index (χ0) is 13.1. The first-order valence-electron chi connectivity index (χ1n) is 6.28. The van der Waals surface area contributed by atoms with E-state index in [0.717, 1.165) is 17.7 Å². The van der Waals surface area contributed by atoms with Crippen LogP contribution in [0.5, 0.6) is 0 Å². The lowest BCUT2D eigenvalue weighted by molar-refractivity contribution is -0.127. The number of benzene rings is 1. The van der Waals surface area contributed by atoms with Gasteiger partial charge in [-0.05, 0) is 18.1 Å². The van der Waals surface area contributed by atoms with Crippen LogP contribution >= 0.6 is 0 Å². The minimum atomic E-state index is -0.351. The van der Waals surface area contributed by atoms with Crippen LogP contribution in [0, 0.1) is 0 Å². The van der Waals surface area contributed by atoms with E-state index in [4.69, 9.17) is 0 Å². The third-order valence-electron chi connectivity index (χ3n) is 3.29. The molecular weight excluding hydrogens is 228 g/mol. The second-order valence-electron chi connectivity index (χ2n) is 4.56. The molecule has 1 unspecified atom stereocenters. The fraction of sp³-hybridized carbons (Fsp3) is 0.429. The fourth-order valence-electron chi connectivity index (χ4n) is 2.25. The van der Waals surface area contributed by atoms with Gasteiger partial charge in [0.1, 0.15) is 0 Å². The zero-order valence-electron chi connectivity index (χ0n) is 10.8. The molecule has 0 saturated heterocycles. The minimum Gasteiger partial charge on any atom is -0.356 e. The summed E-state index contributed by atoms with van der Waals surface area (Å²) in [6, 6.07) is 7.60. The Kier molecular flexibility index (Phi) is 3.65. The molecule has 1 aromatic rings. The lowest BCUT2D eigenvalue weighted by atomic mass is 9.89. The highest BCUT2D eigenvalue weighted by Gasteiger charge is 2.33. The van der Waals surface area contributed by atoms with Gasteiger partial charge in [-0.2, -0.15) is 0 Å². The summed E-state index contributed by atoms with van der Waals surface area (Å²) in [5, 5.41) is 2.87. The fourth-order valence-corrected chi connectivity index (χ4v) is 2.25. The summed E-state index contributed by atoms with van der Waals surface area (Å²) in [6.07, 6.45) is 1.15. The van der Waals surface area contributed by atoms with Gasteiger partial charge in [-0.15, -0.1) is 0 Å². The average Bonchev–Trinajstić information content (AvgIpc) is 2.40. The topological polar surface area (TPSA) is 49.4 Å². The number of carbonyl (C=O) groups is 2. The number of anilines is 1. The van der Waals surface area contributed by atoms with Gasteiger partial charge in [0.05, 0.1) is 5.92 Å². The molecular formula is C14H18N2O2. The molecule has 1 aliphatic heterocycles. The lowest BCUT2D eigenvalue weighted by Gasteiger charge is -2.30. The molecule has 0 aromatic heterocycles. The Morgan fingerprint density at radius 3 is 2.89 bits per heavy atom. The summed E-state index contributed by atoms with van der Waals surface area (Å²) in [5.74, 6) is -0.410. The van der Waals surface area contributed by atoms with Gasteiger partial charge in [0.15, 0.2) is 0 Å². The van der Waals surface area contributed by atoms with Crippen molar-refractivity contribution in [1.82, 2.24) is 5.32 Å². The van der Waals surface area contributed by atoms with Crippen molar-refractivity contribution in [3.05, 3.63) is 29.8 Å². The summed E-state index contributed by atoms with van der Waals surface area (Å²) < 4.78 is 0. The van der Waals surface area contributed by atoms with Crippen molar-refractivity contribution in [3.8, 4) is 0 Å². The Morgan fingerprint density at radius 2 is 2.17 bits per heavy atom. The minimum absolute atomic E-state index is 0.00894. The Bertz CT molecular complexity index is 471. The van der Waals surface area contributed by atoms with E-state index in [9.17, 15) is 9.59 Å². The normalized spacial score (nSPS) is 18.4. The Morgan fingerprint density at radius 1 is 1.44 bits per heavy atom. The maximum Gasteiger partial charge on any atom is 0.228 e. The van der Waals surface area contributed by atoms with Crippen molar-refractivity contribution in [3.63, 3.8) is 0 Å². The number of para-hydroxylation sites is 1. The summed E-state index contributed by atoms with van der Waals surface area (Å²) in [4.78, 5) is 25.6. The van der Waals surface area contributed by atoms with Crippen molar-refractivity contribution < 1.29 is 9.59 Å². The van der Waals surface area contributed by atoms with Gasteiger partial charge in [-0.1, -0.05) is 25.1 Å². The molecule has 0 aliphatic carbocycles. The molecule has 1 aromatic carbocycles. The Balaban J connectivity index is 2.30. The molecule has 0 radical (unpaired) electrons. The van der Waals surface area contributed by atoms with Gasteiger partial charge in [0, 0.05) is 25.7 Å². The van der Waals surface area contributed by atoms with Crippen LogP contribution in [-0.4, -0.2) is 25.4 Å². The monoisotopic (exact) mass is 246 g/mol.